The predicted molar refractivity (Wildman–Crippen MR) is 126 cm³/mol. The summed E-state index contributed by atoms with van der Waals surface area (Å²) in [6.07, 6.45) is -0.766. The Morgan fingerprint density at radius 2 is 1.78 bits per heavy atom. The third-order valence-electron chi connectivity index (χ3n) is 10.7. The highest BCUT2D eigenvalue weighted by molar-refractivity contribution is 5.93. The van der Waals surface area contributed by atoms with Crippen molar-refractivity contribution in [2.24, 2.45) is 46.3 Å². The summed E-state index contributed by atoms with van der Waals surface area (Å²) in [5, 5.41) is 0. The molecule has 0 bridgehead atoms. The van der Waals surface area contributed by atoms with Gasteiger partial charge in [0.15, 0.2) is 0 Å². The standard InChI is InChI=1S/C28H38F4O5/c1-15(4-7-23(36)37-11-10-28(31,32)25(29)30)18-5-6-19-24-20(14-22(35)27(18,19)3)26(2)9-8-17(33)12-16(26)13-21(24)34/h15-16,18-20,24-25H,4-14H2,1-3H3/t15-,16?,18-,19+,20+,24+,26+,27-/m1/s1. The van der Waals surface area contributed by atoms with Gasteiger partial charge in [-0.15, -0.1) is 0 Å². The molecule has 4 saturated carbocycles. The van der Waals surface area contributed by atoms with Crippen LogP contribution in [0.2, 0.25) is 0 Å². The zero-order chi connectivity index (χ0) is 27.3. The van der Waals surface area contributed by atoms with Crippen LogP contribution in [0.3, 0.4) is 0 Å². The lowest BCUT2D eigenvalue weighted by Crippen LogP contribution is -2.60. The molecule has 0 aliphatic heterocycles. The van der Waals surface area contributed by atoms with E-state index < -0.39 is 36.8 Å². The van der Waals surface area contributed by atoms with Gasteiger partial charge >= 0.3 is 18.3 Å². The van der Waals surface area contributed by atoms with Gasteiger partial charge in [-0.05, 0) is 60.7 Å². The molecule has 0 saturated heterocycles. The molecule has 0 aromatic carbocycles. The molecule has 0 N–H and O–H groups in total. The van der Waals surface area contributed by atoms with Crippen LogP contribution in [-0.2, 0) is 23.9 Å². The Bertz CT molecular complexity index is 951. The normalized spacial score (nSPS) is 38.7. The highest BCUT2D eigenvalue weighted by atomic mass is 19.3. The Labute approximate surface area is 215 Å². The van der Waals surface area contributed by atoms with Crippen LogP contribution in [0.4, 0.5) is 17.6 Å². The van der Waals surface area contributed by atoms with E-state index in [4.69, 9.17) is 4.74 Å². The number of hydrogen-bond acceptors (Lipinski definition) is 5. The van der Waals surface area contributed by atoms with Crippen LogP contribution in [0.1, 0.15) is 85.0 Å². The molecule has 208 valence electrons. The fourth-order valence-electron chi connectivity index (χ4n) is 8.42. The SMILES string of the molecule is C[C@H](CCC(=O)OCCC(F)(F)C(F)F)[C@H]1CC[C@H]2[C@@H]3C(=O)CC4CC(=O)CC[C@]4(C)[C@H]3CC(=O)[C@]12C. The third kappa shape index (κ3) is 4.88. The summed E-state index contributed by atoms with van der Waals surface area (Å²) >= 11 is 0. The van der Waals surface area contributed by atoms with E-state index in [1.54, 1.807) is 0 Å². The molecule has 4 aliphatic rings. The number of fused-ring (bicyclic) bond motifs is 5. The van der Waals surface area contributed by atoms with Crippen LogP contribution >= 0.6 is 0 Å². The van der Waals surface area contributed by atoms with E-state index in [-0.39, 0.29) is 64.7 Å². The summed E-state index contributed by atoms with van der Waals surface area (Å²) in [5.41, 5.74) is -0.856. The van der Waals surface area contributed by atoms with Crippen LogP contribution in [-0.4, -0.2) is 42.3 Å². The van der Waals surface area contributed by atoms with Crippen molar-refractivity contribution in [2.75, 3.05) is 6.61 Å². The summed E-state index contributed by atoms with van der Waals surface area (Å²) in [5.74, 6) is -4.69. The van der Waals surface area contributed by atoms with Crippen molar-refractivity contribution < 1.29 is 41.5 Å². The van der Waals surface area contributed by atoms with E-state index >= 15 is 0 Å². The molecular weight excluding hydrogens is 492 g/mol. The number of ether oxygens (including phenoxy) is 1. The second-order valence-electron chi connectivity index (χ2n) is 12.5. The average Bonchev–Trinajstić information content (AvgIpc) is 3.17. The molecule has 5 nitrogen and oxygen atoms in total. The summed E-state index contributed by atoms with van der Waals surface area (Å²) < 4.78 is 55.3. The topological polar surface area (TPSA) is 77.5 Å². The molecule has 4 rings (SSSR count). The maximum absolute atomic E-state index is 13.8. The maximum Gasteiger partial charge on any atom is 0.310 e. The summed E-state index contributed by atoms with van der Waals surface area (Å²) in [4.78, 5) is 51.4. The Balaban J connectivity index is 1.40. The summed E-state index contributed by atoms with van der Waals surface area (Å²) in [6, 6.07) is 0. The first-order chi connectivity index (χ1) is 17.2. The monoisotopic (exact) mass is 530 g/mol. The first-order valence-electron chi connectivity index (χ1n) is 13.6. The number of hydrogen-bond donors (Lipinski definition) is 0. The van der Waals surface area contributed by atoms with E-state index in [2.05, 4.69) is 6.92 Å². The highest BCUT2D eigenvalue weighted by Crippen LogP contribution is 2.66. The van der Waals surface area contributed by atoms with Crippen LogP contribution in [0.15, 0.2) is 0 Å². The molecular formula is C28H38F4O5. The molecule has 4 aliphatic carbocycles. The van der Waals surface area contributed by atoms with E-state index in [0.29, 0.717) is 32.1 Å². The molecule has 0 aromatic heterocycles. The molecule has 0 heterocycles. The number of ketones is 3. The van der Waals surface area contributed by atoms with Crippen LogP contribution in [0.25, 0.3) is 0 Å². The molecule has 0 spiro atoms. The van der Waals surface area contributed by atoms with Crippen molar-refractivity contribution in [2.45, 2.75) is 97.3 Å². The quantitative estimate of drug-likeness (QED) is 0.292. The second-order valence-corrected chi connectivity index (χ2v) is 12.5. The lowest BCUT2D eigenvalue weighted by atomic mass is 9.44. The van der Waals surface area contributed by atoms with Gasteiger partial charge in [0.25, 0.3) is 0 Å². The van der Waals surface area contributed by atoms with E-state index in [0.717, 1.165) is 19.3 Å². The smallest absolute Gasteiger partial charge is 0.310 e. The van der Waals surface area contributed by atoms with Gasteiger partial charge in [-0.25, -0.2) is 17.6 Å². The lowest BCUT2D eigenvalue weighted by molar-refractivity contribution is -0.166. The molecule has 8 atom stereocenters. The van der Waals surface area contributed by atoms with Gasteiger partial charge in [0.05, 0.1) is 13.0 Å². The molecule has 0 aromatic rings. The number of carbonyl (C=O) groups is 4. The molecule has 1 unspecified atom stereocenters. The number of halogens is 4. The minimum atomic E-state index is -4.19. The molecule has 37 heavy (non-hydrogen) atoms. The van der Waals surface area contributed by atoms with Crippen LogP contribution in [0.5, 0.6) is 0 Å². The van der Waals surface area contributed by atoms with E-state index in [1.807, 2.05) is 13.8 Å². The number of esters is 1. The van der Waals surface area contributed by atoms with Gasteiger partial charge in [-0.2, -0.15) is 0 Å². The molecule has 4 fully saturated rings. The van der Waals surface area contributed by atoms with E-state index in [9.17, 15) is 36.7 Å². The third-order valence-corrected chi connectivity index (χ3v) is 10.7. The Morgan fingerprint density at radius 3 is 2.46 bits per heavy atom. The van der Waals surface area contributed by atoms with Crippen LogP contribution in [0, 0.1) is 46.3 Å². The average molecular weight is 531 g/mol. The zero-order valence-electron chi connectivity index (χ0n) is 21.9. The fraction of sp³-hybridized carbons (Fsp3) is 0.857. The second kappa shape index (κ2) is 10.1. The predicted octanol–water partition coefficient (Wildman–Crippen LogP) is 5.82. The number of alkyl halides is 4. The number of rotatable bonds is 8. The van der Waals surface area contributed by atoms with Gasteiger partial charge in [0.1, 0.15) is 17.3 Å². The largest absolute Gasteiger partial charge is 0.465 e. The van der Waals surface area contributed by atoms with Crippen molar-refractivity contribution >= 4 is 23.3 Å². The molecule has 9 heteroatoms. The summed E-state index contributed by atoms with van der Waals surface area (Å²) in [6.45, 7) is 5.33. The van der Waals surface area contributed by atoms with Gasteiger partial charge in [0, 0.05) is 43.4 Å². The van der Waals surface area contributed by atoms with E-state index in [1.165, 1.54) is 0 Å². The van der Waals surface area contributed by atoms with Crippen LogP contribution < -0.4 is 0 Å². The Morgan fingerprint density at radius 1 is 1.08 bits per heavy atom. The fourth-order valence-corrected chi connectivity index (χ4v) is 8.42. The van der Waals surface area contributed by atoms with Crippen molar-refractivity contribution in [1.82, 2.24) is 0 Å². The molecule has 0 radical (unpaired) electrons. The zero-order valence-corrected chi connectivity index (χ0v) is 21.9. The van der Waals surface area contributed by atoms with Gasteiger partial charge in [-0.1, -0.05) is 20.8 Å². The van der Waals surface area contributed by atoms with Gasteiger partial charge in [0.2, 0.25) is 0 Å². The van der Waals surface area contributed by atoms with Crippen molar-refractivity contribution in [3.05, 3.63) is 0 Å². The van der Waals surface area contributed by atoms with Crippen molar-refractivity contribution in [3.63, 3.8) is 0 Å². The minimum absolute atomic E-state index is 0.0161. The number of carbonyl (C=O) groups excluding carboxylic acids is 4. The van der Waals surface area contributed by atoms with Crippen molar-refractivity contribution in [1.29, 1.82) is 0 Å². The molecule has 0 amide bonds. The Kier molecular flexibility index (Phi) is 7.67. The maximum atomic E-state index is 13.8. The highest BCUT2D eigenvalue weighted by Gasteiger charge is 2.66. The minimum Gasteiger partial charge on any atom is -0.465 e. The first kappa shape index (κ1) is 28.2. The summed E-state index contributed by atoms with van der Waals surface area (Å²) in [7, 11) is 0. The number of Topliss-reactive ketones (excluding diaryl/α,β-unsaturated/α-hetero) is 3. The van der Waals surface area contributed by atoms with Gasteiger partial charge < -0.3 is 4.74 Å². The first-order valence-corrected chi connectivity index (χ1v) is 13.6. The van der Waals surface area contributed by atoms with Crippen molar-refractivity contribution in [3.8, 4) is 0 Å². The van der Waals surface area contributed by atoms with Gasteiger partial charge in [-0.3, -0.25) is 19.2 Å². The Hall–Kier alpha value is -1.80. The lowest BCUT2D eigenvalue weighted by Gasteiger charge is -2.58.